The Morgan fingerprint density at radius 2 is 1.10 bits per heavy atom. The summed E-state index contributed by atoms with van der Waals surface area (Å²) in [4.78, 5) is 45.7. The van der Waals surface area contributed by atoms with Crippen LogP contribution in [0, 0.1) is 0 Å². The zero-order chi connectivity index (χ0) is 34.7. The van der Waals surface area contributed by atoms with E-state index in [-0.39, 0.29) is 22.7 Å². The van der Waals surface area contributed by atoms with Crippen molar-refractivity contribution in [2.45, 2.75) is 32.8 Å². The molecule has 6 rings (SSSR count). The number of rotatable bonds is 12. The molecule has 2 unspecified atom stereocenters. The summed E-state index contributed by atoms with van der Waals surface area (Å²) in [6, 6.07) is 27.0. The van der Waals surface area contributed by atoms with Gasteiger partial charge < -0.3 is 19.1 Å². The minimum Gasteiger partial charge on any atom is -0.374 e. The fourth-order valence-corrected chi connectivity index (χ4v) is 8.26. The fraction of sp³-hybridized carbons (Fsp3) is 0.278. The molecule has 50 heavy (non-hydrogen) atoms. The van der Waals surface area contributed by atoms with E-state index >= 15 is 0 Å². The van der Waals surface area contributed by atoms with Gasteiger partial charge in [0.25, 0.3) is 0 Å². The molecule has 0 amide bonds. The lowest BCUT2D eigenvalue weighted by Crippen LogP contribution is -2.45. The minimum absolute atomic E-state index is 0.172. The maximum atomic E-state index is 12.8. The quantitative estimate of drug-likeness (QED) is 0.110. The number of benzene rings is 2. The molecule has 0 N–H and O–H groups in total. The summed E-state index contributed by atoms with van der Waals surface area (Å²) >= 11 is 15.8. The number of nitrogens with zero attached hydrogens (tertiary/aromatic N) is 4. The number of hydrogen-bond donors (Lipinski definition) is 0. The average molecular weight is 754 g/mol. The van der Waals surface area contributed by atoms with Crippen molar-refractivity contribution in [3.8, 4) is 0 Å². The molecule has 2 aliphatic heterocycles. The average Bonchev–Trinajstić information content (AvgIpc) is 3.14. The highest BCUT2D eigenvalue weighted by molar-refractivity contribution is 7.99. The van der Waals surface area contributed by atoms with Gasteiger partial charge in [0.15, 0.2) is 0 Å². The Labute approximate surface area is 309 Å². The van der Waals surface area contributed by atoms with Gasteiger partial charge in [-0.3, -0.25) is 0 Å². The van der Waals surface area contributed by atoms with Crippen molar-refractivity contribution in [3.63, 3.8) is 0 Å². The van der Waals surface area contributed by atoms with Gasteiger partial charge in [0.1, 0.15) is 10.1 Å². The molecule has 2 fully saturated rings. The Balaban J connectivity index is 1.04. The second-order valence-electron chi connectivity index (χ2n) is 11.2. The highest BCUT2D eigenvalue weighted by Gasteiger charge is 2.34. The van der Waals surface area contributed by atoms with Crippen molar-refractivity contribution in [2.24, 2.45) is 0 Å². The highest BCUT2D eigenvalue weighted by Crippen LogP contribution is 2.43. The maximum absolute atomic E-state index is 12.8. The zero-order valence-corrected chi connectivity index (χ0v) is 29.9. The normalized spacial score (nSPS) is 19.9. The molecule has 4 aromatic rings. The number of carbonyl (C=O) groups is 2. The SMILES string of the molecule is O=C(/C=C/C(=O)ON1CCO[C@H](C(Sc2ncccc2Cl)c2ccccc2)C1)ON1CCO[C@H](C(Sc2ncccc2Cl)c2ccccc2)C1. The Hall–Kier alpha value is -3.46. The minimum atomic E-state index is -0.702. The molecule has 2 aliphatic rings. The van der Waals surface area contributed by atoms with Crippen LogP contribution in [0.3, 0.4) is 0 Å². The van der Waals surface area contributed by atoms with Gasteiger partial charge >= 0.3 is 11.9 Å². The van der Waals surface area contributed by atoms with Gasteiger partial charge in [-0.05, 0) is 35.4 Å². The Morgan fingerprint density at radius 1 is 0.680 bits per heavy atom. The van der Waals surface area contributed by atoms with E-state index in [0.717, 1.165) is 23.3 Å². The largest absolute Gasteiger partial charge is 0.374 e. The summed E-state index contributed by atoms with van der Waals surface area (Å²) in [6.07, 6.45) is 4.85. The van der Waals surface area contributed by atoms with Crippen molar-refractivity contribution in [1.29, 1.82) is 0 Å². The van der Waals surface area contributed by atoms with Crippen molar-refractivity contribution in [2.75, 3.05) is 39.4 Å². The number of halogens is 2. The van der Waals surface area contributed by atoms with Gasteiger partial charge in [-0.15, -0.1) is 10.1 Å². The van der Waals surface area contributed by atoms with Crippen molar-refractivity contribution in [1.82, 2.24) is 20.1 Å². The Bertz CT molecular complexity index is 1630. The molecule has 2 saturated heterocycles. The van der Waals surface area contributed by atoms with Gasteiger partial charge in [0.2, 0.25) is 0 Å². The summed E-state index contributed by atoms with van der Waals surface area (Å²) in [6.45, 7) is 2.04. The fourth-order valence-electron chi connectivity index (χ4n) is 5.44. The van der Waals surface area contributed by atoms with Crippen LogP contribution in [0.4, 0.5) is 0 Å². The third-order valence-electron chi connectivity index (χ3n) is 7.76. The van der Waals surface area contributed by atoms with E-state index in [1.54, 1.807) is 46.8 Å². The first-order valence-electron chi connectivity index (χ1n) is 15.9. The first-order valence-corrected chi connectivity index (χ1v) is 18.4. The number of morpholine rings is 2. The highest BCUT2D eigenvalue weighted by atomic mass is 35.5. The lowest BCUT2D eigenvalue weighted by atomic mass is 10.1. The molecule has 260 valence electrons. The molecule has 0 saturated carbocycles. The summed E-state index contributed by atoms with van der Waals surface area (Å²) in [7, 11) is 0. The van der Waals surface area contributed by atoms with E-state index in [9.17, 15) is 9.59 Å². The molecule has 2 aromatic heterocycles. The predicted octanol–water partition coefficient (Wildman–Crippen LogP) is 7.02. The Kier molecular flexibility index (Phi) is 13.2. The number of carbonyl (C=O) groups excluding carboxylic acids is 2. The number of thioether (sulfide) groups is 2. The standard InChI is InChI=1S/C36H34Cl2N4O6S2/c37-27-13-7-17-39-35(27)49-33(25-9-3-1-4-10-25)29-23-41(19-21-45-29)47-31(43)15-16-32(44)48-42-20-22-46-30(24-42)34(26-11-5-2-6-12-26)50-36-28(38)14-8-18-40-36/h1-18,29-30,33-34H,19-24H2/b16-15+/t29-,30-,33?,34?/m0/s1. The van der Waals surface area contributed by atoms with Crippen LogP contribution in [-0.2, 0) is 28.7 Å². The van der Waals surface area contributed by atoms with Crippen molar-refractivity contribution < 1.29 is 28.7 Å². The number of ether oxygens (including phenoxy) is 2. The predicted molar refractivity (Wildman–Crippen MR) is 193 cm³/mol. The van der Waals surface area contributed by atoms with Gasteiger partial charge in [-0.25, -0.2) is 19.6 Å². The molecular weight excluding hydrogens is 719 g/mol. The van der Waals surface area contributed by atoms with E-state index in [2.05, 4.69) is 9.97 Å². The van der Waals surface area contributed by atoms with Crippen LogP contribution in [0.15, 0.2) is 120 Å². The lowest BCUT2D eigenvalue weighted by molar-refractivity contribution is -0.212. The lowest BCUT2D eigenvalue weighted by Gasteiger charge is -2.35. The molecule has 0 bridgehead atoms. The molecular formula is C36H34Cl2N4O6S2. The summed E-state index contributed by atoms with van der Waals surface area (Å²) in [5.74, 6) is -1.40. The van der Waals surface area contributed by atoms with E-state index in [0.29, 0.717) is 59.5 Å². The second kappa shape index (κ2) is 18.2. The number of pyridine rings is 2. The monoisotopic (exact) mass is 752 g/mol. The summed E-state index contributed by atoms with van der Waals surface area (Å²) < 4.78 is 12.3. The molecule has 14 heteroatoms. The first-order chi connectivity index (χ1) is 24.4. The third kappa shape index (κ3) is 10.1. The van der Waals surface area contributed by atoms with Gasteiger partial charge in [0, 0.05) is 24.5 Å². The third-order valence-corrected chi connectivity index (χ3v) is 11.4. The zero-order valence-electron chi connectivity index (χ0n) is 26.8. The van der Waals surface area contributed by atoms with Gasteiger partial charge in [-0.1, -0.05) is 107 Å². The van der Waals surface area contributed by atoms with E-state index < -0.39 is 11.9 Å². The van der Waals surface area contributed by atoms with Crippen LogP contribution in [0.2, 0.25) is 10.0 Å². The molecule has 2 aromatic carbocycles. The van der Waals surface area contributed by atoms with Crippen molar-refractivity contribution >= 4 is 58.7 Å². The topological polar surface area (TPSA) is 103 Å². The van der Waals surface area contributed by atoms with Gasteiger partial charge in [-0.2, -0.15) is 0 Å². The van der Waals surface area contributed by atoms with E-state index in [4.69, 9.17) is 42.4 Å². The second-order valence-corrected chi connectivity index (χ2v) is 14.3. The van der Waals surface area contributed by atoms with Gasteiger partial charge in [0.05, 0.1) is 72.1 Å². The molecule has 10 nitrogen and oxygen atoms in total. The van der Waals surface area contributed by atoms with Crippen molar-refractivity contribution in [3.05, 3.63) is 131 Å². The molecule has 0 radical (unpaired) electrons. The molecule has 4 heterocycles. The first kappa shape index (κ1) is 36.3. The molecule has 0 spiro atoms. The number of aromatic nitrogens is 2. The molecule has 4 atom stereocenters. The summed E-state index contributed by atoms with van der Waals surface area (Å²) in [5, 5.41) is 5.21. The van der Waals surface area contributed by atoms with E-state index in [1.807, 2.05) is 60.7 Å². The van der Waals surface area contributed by atoms with Crippen LogP contribution < -0.4 is 0 Å². The van der Waals surface area contributed by atoms with Crippen LogP contribution in [0.5, 0.6) is 0 Å². The van der Waals surface area contributed by atoms with E-state index in [1.165, 1.54) is 23.5 Å². The van der Waals surface area contributed by atoms with Crippen LogP contribution in [0.1, 0.15) is 21.6 Å². The number of hydroxylamine groups is 4. The Morgan fingerprint density at radius 3 is 1.50 bits per heavy atom. The summed E-state index contributed by atoms with van der Waals surface area (Å²) in [5.41, 5.74) is 2.05. The van der Waals surface area contributed by atoms with Crippen LogP contribution in [-0.4, -0.2) is 83.6 Å². The maximum Gasteiger partial charge on any atom is 0.349 e. The smallest absolute Gasteiger partial charge is 0.349 e. The number of hydrogen-bond acceptors (Lipinski definition) is 12. The molecule has 0 aliphatic carbocycles. The van der Waals surface area contributed by atoms with Crippen LogP contribution >= 0.6 is 46.7 Å². The van der Waals surface area contributed by atoms with Crippen LogP contribution in [0.25, 0.3) is 0 Å².